The second-order valence-electron chi connectivity index (χ2n) is 6.18. The van der Waals surface area contributed by atoms with Gasteiger partial charge in [0.25, 0.3) is 0 Å². The van der Waals surface area contributed by atoms with E-state index < -0.39 is 17.9 Å². The fraction of sp³-hybridized carbons (Fsp3) is 0.143. The van der Waals surface area contributed by atoms with Crippen molar-refractivity contribution < 1.29 is 19.4 Å². The summed E-state index contributed by atoms with van der Waals surface area (Å²) in [5.41, 5.74) is 2.32. The summed E-state index contributed by atoms with van der Waals surface area (Å²) >= 11 is 1.45. The average Bonchev–Trinajstić information content (AvgIpc) is 3.24. The van der Waals surface area contributed by atoms with Gasteiger partial charge in [0.15, 0.2) is 0 Å². The van der Waals surface area contributed by atoms with E-state index in [0.29, 0.717) is 22.7 Å². The summed E-state index contributed by atoms with van der Waals surface area (Å²) in [5.74, 6) is -0.282. The van der Waals surface area contributed by atoms with Gasteiger partial charge in [-0.25, -0.2) is 0 Å². The van der Waals surface area contributed by atoms with Crippen LogP contribution >= 0.6 is 11.3 Å². The number of aliphatic hydroxyl groups excluding tert-OH is 1. The van der Waals surface area contributed by atoms with Crippen LogP contribution in [-0.4, -0.2) is 23.5 Å². The zero-order valence-electron chi connectivity index (χ0n) is 15.2. The van der Waals surface area contributed by atoms with Crippen LogP contribution in [0.2, 0.25) is 0 Å². The van der Waals surface area contributed by atoms with Crippen LogP contribution in [0.3, 0.4) is 0 Å². The first-order valence-electron chi connectivity index (χ1n) is 8.65. The Morgan fingerprint density at radius 2 is 1.64 bits per heavy atom. The Morgan fingerprint density at radius 3 is 2.25 bits per heavy atom. The molecule has 0 aliphatic rings. The summed E-state index contributed by atoms with van der Waals surface area (Å²) in [5, 5.41) is 18.5. The summed E-state index contributed by atoms with van der Waals surface area (Å²) in [4.78, 5) is 23.9. The third kappa shape index (κ3) is 5.42. The second-order valence-corrected chi connectivity index (χ2v) is 6.96. The number of benzene rings is 2. The molecule has 0 spiro atoms. The van der Waals surface area contributed by atoms with E-state index in [1.54, 1.807) is 35.7 Å². The molecule has 0 aliphatic heterocycles. The molecule has 1 aromatic heterocycles. The van der Waals surface area contributed by atoms with Gasteiger partial charge >= 0.3 is 11.8 Å². The standard InChI is InChI=1S/C21H20N2O4S/c1-14-2-6-17(7-3-14)27-18-8-4-16(5-9-18)23-21(26)20(25)22-12-19(24)15-10-11-28-13-15/h2-11,13,19,24H,12H2,1H3,(H,22,25)(H,23,26)/t19-/m1/s1. The number of amides is 2. The third-order valence-electron chi connectivity index (χ3n) is 3.96. The number of thiophene rings is 1. The minimum Gasteiger partial charge on any atom is -0.457 e. The minimum atomic E-state index is -0.846. The lowest BCUT2D eigenvalue weighted by Crippen LogP contribution is -2.37. The van der Waals surface area contributed by atoms with Crippen LogP contribution in [0.5, 0.6) is 11.5 Å². The summed E-state index contributed by atoms with van der Waals surface area (Å²) in [7, 11) is 0. The number of aliphatic hydroxyl groups is 1. The van der Waals surface area contributed by atoms with Gasteiger partial charge in [0.05, 0.1) is 6.10 Å². The highest BCUT2D eigenvalue weighted by atomic mass is 32.1. The monoisotopic (exact) mass is 396 g/mol. The van der Waals surface area contributed by atoms with Gasteiger partial charge in [-0.05, 0) is 65.7 Å². The van der Waals surface area contributed by atoms with Gasteiger partial charge in [0.1, 0.15) is 11.5 Å². The van der Waals surface area contributed by atoms with Gasteiger partial charge in [-0.2, -0.15) is 11.3 Å². The van der Waals surface area contributed by atoms with Gasteiger partial charge in [-0.3, -0.25) is 9.59 Å². The largest absolute Gasteiger partial charge is 0.457 e. The SMILES string of the molecule is Cc1ccc(Oc2ccc(NC(=O)C(=O)NC[C@@H](O)c3ccsc3)cc2)cc1. The van der Waals surface area contributed by atoms with E-state index in [1.807, 2.05) is 36.6 Å². The molecule has 0 aliphatic carbocycles. The molecule has 1 atom stereocenters. The maximum atomic E-state index is 12.0. The number of aryl methyl sites for hydroxylation is 1. The van der Waals surface area contributed by atoms with Crippen LogP contribution < -0.4 is 15.4 Å². The van der Waals surface area contributed by atoms with Gasteiger partial charge < -0.3 is 20.5 Å². The normalized spacial score (nSPS) is 11.5. The lowest BCUT2D eigenvalue weighted by molar-refractivity contribution is -0.136. The molecule has 144 valence electrons. The number of ether oxygens (including phenoxy) is 1. The molecule has 0 unspecified atom stereocenters. The Balaban J connectivity index is 1.49. The first-order valence-corrected chi connectivity index (χ1v) is 9.59. The van der Waals surface area contributed by atoms with Crippen molar-refractivity contribution in [2.45, 2.75) is 13.0 Å². The molecule has 0 bridgehead atoms. The second kappa shape index (κ2) is 9.16. The molecule has 0 radical (unpaired) electrons. The quantitative estimate of drug-likeness (QED) is 0.555. The van der Waals surface area contributed by atoms with E-state index in [2.05, 4.69) is 10.6 Å². The van der Waals surface area contributed by atoms with Crippen molar-refractivity contribution in [1.29, 1.82) is 0 Å². The van der Waals surface area contributed by atoms with Crippen LogP contribution in [0, 0.1) is 6.92 Å². The number of hydrogen-bond donors (Lipinski definition) is 3. The molecule has 1 heterocycles. The highest BCUT2D eigenvalue weighted by Gasteiger charge is 2.16. The summed E-state index contributed by atoms with van der Waals surface area (Å²) in [6, 6.07) is 16.1. The molecular formula is C21H20N2O4S. The number of anilines is 1. The Morgan fingerprint density at radius 1 is 1.00 bits per heavy atom. The van der Waals surface area contributed by atoms with E-state index in [0.717, 1.165) is 5.56 Å². The van der Waals surface area contributed by atoms with Crippen molar-refractivity contribution in [2.24, 2.45) is 0 Å². The maximum absolute atomic E-state index is 12.0. The molecule has 6 nitrogen and oxygen atoms in total. The van der Waals surface area contributed by atoms with Crippen LogP contribution in [0.4, 0.5) is 5.69 Å². The van der Waals surface area contributed by atoms with Crippen molar-refractivity contribution in [3.63, 3.8) is 0 Å². The molecule has 0 saturated carbocycles. The maximum Gasteiger partial charge on any atom is 0.313 e. The average molecular weight is 396 g/mol. The Kier molecular flexibility index (Phi) is 6.41. The lowest BCUT2D eigenvalue weighted by atomic mass is 10.2. The molecule has 3 aromatic rings. The molecule has 2 aromatic carbocycles. The zero-order valence-corrected chi connectivity index (χ0v) is 16.0. The molecular weight excluding hydrogens is 376 g/mol. The highest BCUT2D eigenvalue weighted by Crippen LogP contribution is 2.23. The van der Waals surface area contributed by atoms with Gasteiger partial charge in [-0.15, -0.1) is 0 Å². The molecule has 0 fully saturated rings. The molecule has 2 amide bonds. The van der Waals surface area contributed by atoms with Gasteiger partial charge in [-0.1, -0.05) is 17.7 Å². The molecule has 28 heavy (non-hydrogen) atoms. The number of hydrogen-bond acceptors (Lipinski definition) is 5. The predicted octanol–water partition coefficient (Wildman–Crippen LogP) is 3.64. The molecule has 7 heteroatoms. The predicted molar refractivity (Wildman–Crippen MR) is 109 cm³/mol. The molecule has 0 saturated heterocycles. The Labute approximate surface area is 166 Å². The van der Waals surface area contributed by atoms with Gasteiger partial charge in [0, 0.05) is 12.2 Å². The van der Waals surface area contributed by atoms with Crippen LogP contribution in [0.15, 0.2) is 65.4 Å². The van der Waals surface area contributed by atoms with Crippen molar-refractivity contribution >= 4 is 28.8 Å². The van der Waals surface area contributed by atoms with E-state index in [9.17, 15) is 14.7 Å². The van der Waals surface area contributed by atoms with Crippen molar-refractivity contribution in [3.05, 3.63) is 76.5 Å². The van der Waals surface area contributed by atoms with E-state index in [1.165, 1.54) is 11.3 Å². The van der Waals surface area contributed by atoms with E-state index in [-0.39, 0.29) is 6.54 Å². The molecule has 3 N–H and O–H groups in total. The topological polar surface area (TPSA) is 87.7 Å². The summed E-state index contributed by atoms with van der Waals surface area (Å²) in [6.45, 7) is 1.96. The Hall–Kier alpha value is -3.16. The lowest BCUT2D eigenvalue weighted by Gasteiger charge is -2.11. The molecule has 3 rings (SSSR count). The first-order chi connectivity index (χ1) is 13.5. The number of nitrogens with one attached hydrogen (secondary N) is 2. The van der Waals surface area contributed by atoms with Crippen LogP contribution in [0.1, 0.15) is 17.2 Å². The first kappa shape index (κ1) is 19.6. The van der Waals surface area contributed by atoms with Crippen LogP contribution in [-0.2, 0) is 9.59 Å². The third-order valence-corrected chi connectivity index (χ3v) is 4.66. The van der Waals surface area contributed by atoms with Crippen LogP contribution in [0.25, 0.3) is 0 Å². The van der Waals surface area contributed by atoms with Crippen molar-refractivity contribution in [1.82, 2.24) is 5.32 Å². The van der Waals surface area contributed by atoms with Crippen molar-refractivity contribution in [2.75, 3.05) is 11.9 Å². The Bertz CT molecular complexity index is 922. The zero-order chi connectivity index (χ0) is 19.9. The van der Waals surface area contributed by atoms with E-state index >= 15 is 0 Å². The van der Waals surface area contributed by atoms with Crippen molar-refractivity contribution in [3.8, 4) is 11.5 Å². The summed E-state index contributed by atoms with van der Waals surface area (Å²) < 4.78 is 5.72. The number of carbonyl (C=O) groups is 2. The van der Waals surface area contributed by atoms with Gasteiger partial charge in [0.2, 0.25) is 0 Å². The number of rotatable bonds is 6. The number of carbonyl (C=O) groups excluding carboxylic acids is 2. The smallest absolute Gasteiger partial charge is 0.313 e. The summed E-state index contributed by atoms with van der Waals surface area (Å²) in [6.07, 6.45) is -0.846. The highest BCUT2D eigenvalue weighted by molar-refractivity contribution is 7.07. The van der Waals surface area contributed by atoms with E-state index in [4.69, 9.17) is 4.74 Å². The fourth-order valence-electron chi connectivity index (χ4n) is 2.39. The minimum absolute atomic E-state index is 0.0354. The fourth-order valence-corrected chi connectivity index (χ4v) is 3.10.